The number of hydrogen-bond acceptors (Lipinski definition) is 2. The summed E-state index contributed by atoms with van der Waals surface area (Å²) in [7, 11) is 1.80. The van der Waals surface area contributed by atoms with E-state index in [-0.39, 0.29) is 10.8 Å². The van der Waals surface area contributed by atoms with Crippen molar-refractivity contribution in [1.82, 2.24) is 10.6 Å². The number of benzene rings is 1. The van der Waals surface area contributed by atoms with Crippen LogP contribution in [0.25, 0.3) is 0 Å². The van der Waals surface area contributed by atoms with Crippen molar-refractivity contribution in [3.05, 3.63) is 35.9 Å². The van der Waals surface area contributed by atoms with E-state index >= 15 is 0 Å². The third-order valence-corrected chi connectivity index (χ3v) is 4.36. The number of aliphatic imine (C=N–C) groups is 1. The molecule has 1 aromatic rings. The van der Waals surface area contributed by atoms with Crippen molar-refractivity contribution in [2.75, 3.05) is 19.8 Å². The summed E-state index contributed by atoms with van der Waals surface area (Å²) in [5.74, 6) is 0.846. The molecule has 1 unspecified atom stereocenters. The van der Waals surface area contributed by atoms with Crippen LogP contribution in [0.2, 0.25) is 0 Å². The van der Waals surface area contributed by atoms with Crippen LogP contribution >= 0.6 is 11.8 Å². The monoisotopic (exact) mass is 279 g/mol. The molecule has 0 fully saturated rings. The van der Waals surface area contributed by atoms with E-state index in [1.807, 2.05) is 17.8 Å². The Morgan fingerprint density at radius 1 is 1.32 bits per heavy atom. The number of guanidine groups is 1. The molecule has 0 amide bonds. The Balaban J connectivity index is 2.54. The molecule has 19 heavy (non-hydrogen) atoms. The van der Waals surface area contributed by atoms with Crippen LogP contribution in [-0.2, 0) is 0 Å². The predicted molar refractivity (Wildman–Crippen MR) is 86.9 cm³/mol. The highest BCUT2D eigenvalue weighted by atomic mass is 32.2. The zero-order chi connectivity index (χ0) is 14.3. The molecule has 0 saturated heterocycles. The Morgan fingerprint density at radius 2 is 1.95 bits per heavy atom. The lowest BCUT2D eigenvalue weighted by atomic mass is 10.1. The molecule has 2 N–H and O–H groups in total. The van der Waals surface area contributed by atoms with Crippen LogP contribution in [0, 0.1) is 0 Å². The first-order valence-electron chi connectivity index (χ1n) is 6.56. The van der Waals surface area contributed by atoms with Crippen molar-refractivity contribution in [1.29, 1.82) is 0 Å². The van der Waals surface area contributed by atoms with E-state index in [1.54, 1.807) is 7.05 Å². The van der Waals surface area contributed by atoms with Gasteiger partial charge in [0.05, 0.1) is 6.04 Å². The first-order valence-corrected chi connectivity index (χ1v) is 7.78. The van der Waals surface area contributed by atoms with Crippen LogP contribution in [0.3, 0.4) is 0 Å². The third kappa shape index (κ3) is 5.55. The smallest absolute Gasteiger partial charge is 0.191 e. The van der Waals surface area contributed by atoms with Crippen LogP contribution in [0.1, 0.15) is 32.4 Å². The molecular formula is C15H25N3S. The number of hydrogen-bond donors (Lipinski definition) is 2. The summed E-state index contributed by atoms with van der Waals surface area (Å²) in [4.78, 5) is 4.28. The van der Waals surface area contributed by atoms with Gasteiger partial charge in [-0.05, 0) is 32.6 Å². The van der Waals surface area contributed by atoms with Gasteiger partial charge in [0.2, 0.25) is 0 Å². The van der Waals surface area contributed by atoms with E-state index in [0.29, 0.717) is 0 Å². The summed E-state index contributed by atoms with van der Waals surface area (Å²) in [5.41, 5.74) is 1.26. The second kappa shape index (κ2) is 7.43. The van der Waals surface area contributed by atoms with Gasteiger partial charge in [-0.15, -0.1) is 0 Å². The van der Waals surface area contributed by atoms with Crippen molar-refractivity contribution >= 4 is 17.7 Å². The summed E-state index contributed by atoms with van der Waals surface area (Å²) in [6.45, 7) is 7.47. The molecule has 1 aromatic carbocycles. The zero-order valence-electron chi connectivity index (χ0n) is 12.5. The molecule has 0 radical (unpaired) electrons. The fourth-order valence-electron chi connectivity index (χ4n) is 1.59. The lowest BCUT2D eigenvalue weighted by Crippen LogP contribution is -2.44. The molecular weight excluding hydrogens is 254 g/mol. The fraction of sp³-hybridized carbons (Fsp3) is 0.533. The van der Waals surface area contributed by atoms with E-state index in [9.17, 15) is 0 Å². The molecule has 106 valence electrons. The Morgan fingerprint density at radius 3 is 2.47 bits per heavy atom. The molecule has 0 saturated carbocycles. The van der Waals surface area contributed by atoms with Crippen LogP contribution in [-0.4, -0.2) is 30.6 Å². The Kier molecular flexibility index (Phi) is 6.22. The van der Waals surface area contributed by atoms with E-state index in [2.05, 4.69) is 66.9 Å². The first-order chi connectivity index (χ1) is 8.98. The highest BCUT2D eigenvalue weighted by molar-refractivity contribution is 7.99. The quantitative estimate of drug-likeness (QED) is 0.642. The third-order valence-electron chi connectivity index (χ3n) is 3.11. The normalized spacial score (nSPS) is 14.1. The van der Waals surface area contributed by atoms with Gasteiger partial charge in [0.15, 0.2) is 5.96 Å². The highest BCUT2D eigenvalue weighted by Crippen LogP contribution is 2.19. The minimum atomic E-state index is 0.202. The summed E-state index contributed by atoms with van der Waals surface area (Å²) in [6, 6.07) is 10.6. The molecule has 1 atom stereocenters. The second-order valence-corrected chi connectivity index (χ2v) is 6.68. The molecule has 1 rings (SSSR count). The molecule has 0 aromatic heterocycles. The van der Waals surface area contributed by atoms with Crippen molar-refractivity contribution in [2.45, 2.75) is 31.6 Å². The molecule has 0 aliphatic rings. The number of nitrogens with one attached hydrogen (secondary N) is 2. The molecule has 4 heteroatoms. The maximum Gasteiger partial charge on any atom is 0.191 e. The van der Waals surface area contributed by atoms with Gasteiger partial charge < -0.3 is 10.6 Å². The van der Waals surface area contributed by atoms with Gasteiger partial charge in [0.1, 0.15) is 0 Å². The van der Waals surface area contributed by atoms with Gasteiger partial charge >= 0.3 is 0 Å². The van der Waals surface area contributed by atoms with Gasteiger partial charge in [-0.25, -0.2) is 0 Å². The van der Waals surface area contributed by atoms with Crippen molar-refractivity contribution in [2.24, 2.45) is 4.99 Å². The SMILES string of the molecule is CN=C(NCC(C)(C)SC)NC(C)c1ccccc1. The van der Waals surface area contributed by atoms with Crippen LogP contribution in [0.4, 0.5) is 0 Å². The van der Waals surface area contributed by atoms with E-state index in [1.165, 1.54) is 5.56 Å². The summed E-state index contributed by atoms with van der Waals surface area (Å²) >= 11 is 1.85. The minimum Gasteiger partial charge on any atom is -0.355 e. The minimum absolute atomic E-state index is 0.202. The fourth-order valence-corrected chi connectivity index (χ4v) is 1.81. The standard InChI is InChI=1S/C15H25N3S/c1-12(13-9-7-6-8-10-13)18-14(16-4)17-11-15(2,3)19-5/h6-10,12H,11H2,1-5H3,(H2,16,17,18). The first kappa shape index (κ1) is 15.9. The number of rotatable bonds is 5. The number of nitrogens with zero attached hydrogens (tertiary/aromatic N) is 1. The van der Waals surface area contributed by atoms with Crippen molar-refractivity contribution < 1.29 is 0 Å². The average molecular weight is 279 g/mol. The molecule has 3 nitrogen and oxygen atoms in total. The molecule has 0 spiro atoms. The predicted octanol–water partition coefficient (Wildman–Crippen LogP) is 3.05. The van der Waals surface area contributed by atoms with Crippen molar-refractivity contribution in [3.63, 3.8) is 0 Å². The average Bonchev–Trinajstić information content (AvgIpc) is 2.44. The zero-order valence-corrected chi connectivity index (χ0v) is 13.3. The molecule has 0 aliphatic heterocycles. The maximum absolute atomic E-state index is 4.28. The summed E-state index contributed by atoms with van der Waals surface area (Å²) in [6.07, 6.45) is 2.13. The van der Waals surface area contributed by atoms with Crippen molar-refractivity contribution in [3.8, 4) is 0 Å². The van der Waals surface area contributed by atoms with Gasteiger partial charge in [0.25, 0.3) is 0 Å². The lowest BCUT2D eigenvalue weighted by molar-refractivity contribution is 0.639. The van der Waals surface area contributed by atoms with Gasteiger partial charge in [-0.3, -0.25) is 4.99 Å². The summed E-state index contributed by atoms with van der Waals surface area (Å²) < 4.78 is 0.202. The van der Waals surface area contributed by atoms with Gasteiger partial charge in [-0.2, -0.15) is 11.8 Å². The lowest BCUT2D eigenvalue weighted by Gasteiger charge is -2.25. The Bertz CT molecular complexity index is 401. The molecule has 0 heterocycles. The highest BCUT2D eigenvalue weighted by Gasteiger charge is 2.16. The van der Waals surface area contributed by atoms with E-state index in [0.717, 1.165) is 12.5 Å². The van der Waals surface area contributed by atoms with Crippen LogP contribution in [0.5, 0.6) is 0 Å². The Labute approximate surface area is 121 Å². The topological polar surface area (TPSA) is 36.4 Å². The largest absolute Gasteiger partial charge is 0.355 e. The second-order valence-electron chi connectivity index (χ2n) is 5.17. The van der Waals surface area contributed by atoms with Gasteiger partial charge in [-0.1, -0.05) is 30.3 Å². The molecule has 0 aliphatic carbocycles. The summed E-state index contributed by atoms with van der Waals surface area (Å²) in [5, 5.41) is 6.79. The molecule has 0 bridgehead atoms. The maximum atomic E-state index is 4.28. The van der Waals surface area contributed by atoms with Crippen LogP contribution < -0.4 is 10.6 Å². The van der Waals surface area contributed by atoms with E-state index in [4.69, 9.17) is 0 Å². The van der Waals surface area contributed by atoms with E-state index < -0.39 is 0 Å². The Hall–Kier alpha value is -1.16. The van der Waals surface area contributed by atoms with Gasteiger partial charge in [0, 0.05) is 18.3 Å². The number of thioether (sulfide) groups is 1. The van der Waals surface area contributed by atoms with Crippen LogP contribution in [0.15, 0.2) is 35.3 Å².